The number of piperidine rings is 1. The van der Waals surface area contributed by atoms with Crippen molar-refractivity contribution >= 4 is 17.3 Å². The number of aliphatic hydroxyl groups is 1. The number of nitrogens with one attached hydrogen (secondary N) is 1. The van der Waals surface area contributed by atoms with Crippen LogP contribution in [-0.2, 0) is 31.1 Å². The number of hydrogen-bond donors (Lipinski definition) is 2. The number of likely N-dealkylation sites (tertiary alicyclic amines) is 1. The van der Waals surface area contributed by atoms with Gasteiger partial charge in [0.1, 0.15) is 12.2 Å². The quantitative estimate of drug-likeness (QED) is 0.788. The second-order valence-corrected chi connectivity index (χ2v) is 6.67. The number of benzene rings is 1. The molecule has 0 radical (unpaired) electrons. The van der Waals surface area contributed by atoms with Crippen molar-refractivity contribution in [3.05, 3.63) is 35.9 Å². The molecular formula is C15H20N2O5S. The van der Waals surface area contributed by atoms with Crippen LogP contribution in [0.1, 0.15) is 12.5 Å². The summed E-state index contributed by atoms with van der Waals surface area (Å²) in [5.74, 6) is -0.222. The molecule has 0 aromatic heterocycles. The molecule has 1 aromatic rings. The van der Waals surface area contributed by atoms with Gasteiger partial charge in [-0.3, -0.25) is 18.1 Å². The van der Waals surface area contributed by atoms with Gasteiger partial charge in [-0.1, -0.05) is 30.3 Å². The first-order valence-electron chi connectivity index (χ1n) is 7.50. The summed E-state index contributed by atoms with van der Waals surface area (Å²) in [7, 11) is 0. The lowest BCUT2D eigenvalue weighted by atomic mass is 9.91. The molecule has 8 heteroatoms. The number of fused-ring (bicyclic) bond motifs is 1. The maximum atomic E-state index is 11.5. The predicted molar refractivity (Wildman–Crippen MR) is 83.2 cm³/mol. The van der Waals surface area contributed by atoms with Crippen LogP contribution in [0.25, 0.3) is 0 Å². The highest BCUT2D eigenvalue weighted by molar-refractivity contribution is 7.75. The minimum atomic E-state index is -1.87. The summed E-state index contributed by atoms with van der Waals surface area (Å²) in [6.07, 6.45) is -1.59. The number of aliphatic hydroxyl groups excluding tert-OH is 1. The fraction of sp³-hybridized carbons (Fsp3) is 0.533. The van der Waals surface area contributed by atoms with E-state index in [1.165, 1.54) is 6.92 Å². The highest BCUT2D eigenvalue weighted by atomic mass is 32.2. The molecule has 126 valence electrons. The molecule has 3 unspecified atom stereocenters. The van der Waals surface area contributed by atoms with E-state index in [1.54, 1.807) is 0 Å². The van der Waals surface area contributed by atoms with E-state index in [0.29, 0.717) is 13.1 Å². The van der Waals surface area contributed by atoms with Gasteiger partial charge < -0.3 is 10.4 Å². The Labute approximate surface area is 137 Å². The molecule has 7 nitrogen and oxygen atoms in total. The largest absolute Gasteiger partial charge is 0.388 e. The lowest BCUT2D eigenvalue weighted by Crippen LogP contribution is -2.68. The van der Waals surface area contributed by atoms with E-state index in [4.69, 9.17) is 8.37 Å². The molecule has 2 aliphatic heterocycles. The van der Waals surface area contributed by atoms with E-state index in [1.807, 2.05) is 30.3 Å². The average Bonchev–Trinajstić information content (AvgIpc) is 2.52. The van der Waals surface area contributed by atoms with Crippen molar-refractivity contribution in [2.24, 2.45) is 0 Å². The normalized spacial score (nSPS) is 34.6. The van der Waals surface area contributed by atoms with Crippen LogP contribution in [0.2, 0.25) is 0 Å². The Hall–Kier alpha value is -1.32. The molecule has 1 amide bonds. The highest BCUT2D eigenvalue weighted by Crippen LogP contribution is 2.28. The second-order valence-electron chi connectivity index (χ2n) is 5.83. The molecule has 23 heavy (non-hydrogen) atoms. The Morgan fingerprint density at radius 1 is 1.43 bits per heavy atom. The summed E-state index contributed by atoms with van der Waals surface area (Å²) >= 11 is -1.87. The molecule has 0 bridgehead atoms. The van der Waals surface area contributed by atoms with Crippen molar-refractivity contribution in [1.82, 2.24) is 10.2 Å². The van der Waals surface area contributed by atoms with Gasteiger partial charge >= 0.3 is 11.4 Å². The van der Waals surface area contributed by atoms with Gasteiger partial charge in [-0.15, -0.1) is 0 Å². The van der Waals surface area contributed by atoms with Crippen LogP contribution in [0, 0.1) is 0 Å². The standard InChI is InChI=1S/C15H20N2O5S/c1-10(18)16-12-8-17(7-11-5-3-2-4-6-11)13-9-21-23(20)22-15(13)14(12)19/h2-6,12-15,19H,7-9H2,1H3,(H,16,18)/t12-,13?,14?,15+,23?/m0/s1. The summed E-state index contributed by atoms with van der Waals surface area (Å²) in [6, 6.07) is 9.19. The van der Waals surface area contributed by atoms with Crippen LogP contribution >= 0.6 is 0 Å². The number of amides is 1. The Morgan fingerprint density at radius 3 is 2.87 bits per heavy atom. The molecular weight excluding hydrogens is 320 g/mol. The molecule has 2 fully saturated rings. The molecule has 0 saturated carbocycles. The maximum Gasteiger partial charge on any atom is 0.305 e. The third-order valence-electron chi connectivity index (χ3n) is 4.17. The first-order valence-corrected chi connectivity index (χ1v) is 8.50. The summed E-state index contributed by atoms with van der Waals surface area (Å²) in [4.78, 5) is 13.5. The lowest BCUT2D eigenvalue weighted by molar-refractivity contribution is -0.129. The van der Waals surface area contributed by atoms with Crippen LogP contribution in [0.3, 0.4) is 0 Å². The number of nitrogens with zero attached hydrogens (tertiary/aromatic N) is 1. The first kappa shape index (κ1) is 16.5. The fourth-order valence-electron chi connectivity index (χ4n) is 3.12. The van der Waals surface area contributed by atoms with Gasteiger partial charge in [0, 0.05) is 20.0 Å². The lowest BCUT2D eigenvalue weighted by Gasteiger charge is -2.48. The topological polar surface area (TPSA) is 88.1 Å². The summed E-state index contributed by atoms with van der Waals surface area (Å²) in [6.45, 7) is 2.72. The third-order valence-corrected chi connectivity index (χ3v) is 4.88. The van der Waals surface area contributed by atoms with Crippen LogP contribution in [0.5, 0.6) is 0 Å². The van der Waals surface area contributed by atoms with E-state index in [0.717, 1.165) is 5.56 Å². The first-order chi connectivity index (χ1) is 11.0. The van der Waals surface area contributed by atoms with E-state index in [9.17, 15) is 14.1 Å². The van der Waals surface area contributed by atoms with Gasteiger partial charge in [0.25, 0.3) is 0 Å². The maximum absolute atomic E-state index is 11.5. The van der Waals surface area contributed by atoms with Crippen molar-refractivity contribution < 1.29 is 22.5 Å². The van der Waals surface area contributed by atoms with E-state index >= 15 is 0 Å². The van der Waals surface area contributed by atoms with Gasteiger partial charge in [0.2, 0.25) is 5.91 Å². The number of carbonyl (C=O) groups is 1. The molecule has 2 N–H and O–H groups in total. The Morgan fingerprint density at radius 2 is 2.17 bits per heavy atom. The molecule has 2 aliphatic rings. The van der Waals surface area contributed by atoms with Crippen LogP contribution < -0.4 is 5.32 Å². The minimum Gasteiger partial charge on any atom is -0.388 e. The SMILES string of the molecule is CC(=O)N[C@H]1CN(Cc2ccccc2)C2COS(=O)O[C@H]2C1O. The monoisotopic (exact) mass is 340 g/mol. The Bertz CT molecular complexity index is 584. The third kappa shape index (κ3) is 3.78. The van der Waals surface area contributed by atoms with Gasteiger partial charge in [-0.25, -0.2) is 0 Å². The van der Waals surface area contributed by atoms with Crippen molar-refractivity contribution in [2.75, 3.05) is 13.2 Å². The zero-order chi connectivity index (χ0) is 16.4. The highest BCUT2D eigenvalue weighted by Gasteiger charge is 2.47. The van der Waals surface area contributed by atoms with Gasteiger partial charge in [0.15, 0.2) is 0 Å². The summed E-state index contributed by atoms with van der Waals surface area (Å²) < 4.78 is 21.9. The molecule has 0 spiro atoms. The number of carbonyl (C=O) groups excluding carboxylic acids is 1. The van der Waals surface area contributed by atoms with Gasteiger partial charge in [-0.2, -0.15) is 4.21 Å². The molecule has 2 heterocycles. The molecule has 0 aliphatic carbocycles. The zero-order valence-electron chi connectivity index (χ0n) is 12.8. The average molecular weight is 340 g/mol. The molecule has 5 atom stereocenters. The van der Waals surface area contributed by atoms with E-state index < -0.39 is 29.6 Å². The Balaban J connectivity index is 1.81. The van der Waals surface area contributed by atoms with Crippen molar-refractivity contribution in [2.45, 2.75) is 37.8 Å². The van der Waals surface area contributed by atoms with Crippen LogP contribution in [-0.4, -0.2) is 57.6 Å². The van der Waals surface area contributed by atoms with Gasteiger partial charge in [-0.05, 0) is 5.56 Å². The van der Waals surface area contributed by atoms with E-state index in [-0.39, 0.29) is 18.6 Å². The predicted octanol–water partition coefficient (Wildman–Crippen LogP) is -0.270. The van der Waals surface area contributed by atoms with E-state index in [2.05, 4.69) is 10.2 Å². The van der Waals surface area contributed by atoms with Crippen molar-refractivity contribution in [3.8, 4) is 0 Å². The molecule has 2 saturated heterocycles. The van der Waals surface area contributed by atoms with Crippen molar-refractivity contribution in [1.29, 1.82) is 0 Å². The minimum absolute atomic E-state index is 0.215. The van der Waals surface area contributed by atoms with Gasteiger partial charge in [0.05, 0.1) is 18.7 Å². The Kier molecular flexibility index (Phi) is 5.08. The fourth-order valence-corrected chi connectivity index (χ4v) is 3.85. The summed E-state index contributed by atoms with van der Waals surface area (Å²) in [5, 5.41) is 13.2. The summed E-state index contributed by atoms with van der Waals surface area (Å²) in [5.41, 5.74) is 1.11. The number of rotatable bonds is 3. The molecule has 3 rings (SSSR count). The molecule has 1 aromatic carbocycles. The van der Waals surface area contributed by atoms with Crippen LogP contribution in [0.4, 0.5) is 0 Å². The van der Waals surface area contributed by atoms with Crippen molar-refractivity contribution in [3.63, 3.8) is 0 Å². The van der Waals surface area contributed by atoms with Crippen LogP contribution in [0.15, 0.2) is 30.3 Å². The second kappa shape index (κ2) is 7.06. The zero-order valence-corrected chi connectivity index (χ0v) is 13.6. The smallest absolute Gasteiger partial charge is 0.305 e. The number of hydrogen-bond acceptors (Lipinski definition) is 6.